The molecular weight excluding hydrogens is 463 g/mol. The van der Waals surface area contributed by atoms with E-state index in [0.29, 0.717) is 17.2 Å². The number of benzene rings is 3. The molecule has 0 heterocycles. The number of methoxy groups -OCH3 is 3. The molecule has 1 atom stereocenters. The summed E-state index contributed by atoms with van der Waals surface area (Å²) >= 11 is 0. The van der Waals surface area contributed by atoms with Gasteiger partial charge in [-0.05, 0) is 73.2 Å². The first-order valence-electron chi connectivity index (χ1n) is 10.2. The highest BCUT2D eigenvalue weighted by atomic mass is 32.2. The van der Waals surface area contributed by atoms with Gasteiger partial charge in [-0.25, -0.2) is 12.8 Å². The van der Waals surface area contributed by atoms with E-state index in [1.807, 2.05) is 0 Å². The predicted octanol–water partition coefficient (Wildman–Crippen LogP) is 4.14. The fourth-order valence-corrected chi connectivity index (χ4v) is 4.29. The third-order valence-corrected chi connectivity index (χ3v) is 6.46. The molecule has 10 heteroatoms. The molecule has 0 bridgehead atoms. The minimum Gasteiger partial charge on any atom is -0.493 e. The molecule has 0 aliphatic rings. The molecule has 0 spiro atoms. The number of ether oxygens (including phenoxy) is 3. The zero-order valence-electron chi connectivity index (χ0n) is 19.1. The van der Waals surface area contributed by atoms with E-state index in [1.54, 1.807) is 19.1 Å². The quantitative estimate of drug-likeness (QED) is 0.469. The normalized spacial score (nSPS) is 11.9. The van der Waals surface area contributed by atoms with Crippen LogP contribution in [-0.2, 0) is 10.0 Å². The highest BCUT2D eigenvalue weighted by Gasteiger charge is 2.19. The Morgan fingerprint density at radius 1 is 0.882 bits per heavy atom. The molecule has 3 aromatic carbocycles. The van der Waals surface area contributed by atoms with Crippen molar-refractivity contribution in [2.24, 2.45) is 0 Å². The van der Waals surface area contributed by atoms with Gasteiger partial charge >= 0.3 is 0 Å². The fourth-order valence-electron chi connectivity index (χ4n) is 3.23. The Hall–Kier alpha value is -3.79. The average molecular weight is 489 g/mol. The van der Waals surface area contributed by atoms with Gasteiger partial charge < -0.3 is 19.5 Å². The second kappa shape index (κ2) is 10.4. The largest absolute Gasteiger partial charge is 0.493 e. The third-order valence-electron chi connectivity index (χ3n) is 5.06. The lowest BCUT2D eigenvalue weighted by Crippen LogP contribution is -2.26. The SMILES string of the molecule is COc1cc(C(C)NC(=O)c2ccc(S(=O)(=O)Nc3ccc(F)cc3)cc2)cc(OC)c1OC. The summed E-state index contributed by atoms with van der Waals surface area (Å²) in [5.41, 5.74) is 1.23. The van der Waals surface area contributed by atoms with Gasteiger partial charge in [0, 0.05) is 11.3 Å². The topological polar surface area (TPSA) is 103 Å². The number of rotatable bonds is 9. The second-order valence-electron chi connectivity index (χ2n) is 7.29. The number of halogens is 1. The van der Waals surface area contributed by atoms with Crippen molar-refractivity contribution in [2.75, 3.05) is 26.1 Å². The van der Waals surface area contributed by atoms with Gasteiger partial charge in [0.2, 0.25) is 5.75 Å². The molecule has 0 aromatic heterocycles. The van der Waals surface area contributed by atoms with Gasteiger partial charge in [0.1, 0.15) is 5.82 Å². The molecule has 0 aliphatic heterocycles. The molecule has 8 nitrogen and oxygen atoms in total. The van der Waals surface area contributed by atoms with Gasteiger partial charge in [-0.2, -0.15) is 0 Å². The van der Waals surface area contributed by atoms with Crippen LogP contribution in [0.2, 0.25) is 0 Å². The summed E-state index contributed by atoms with van der Waals surface area (Å²) < 4.78 is 56.6. The van der Waals surface area contributed by atoms with E-state index in [9.17, 15) is 17.6 Å². The van der Waals surface area contributed by atoms with E-state index in [0.717, 1.165) is 17.7 Å². The van der Waals surface area contributed by atoms with Crippen molar-refractivity contribution in [2.45, 2.75) is 17.9 Å². The van der Waals surface area contributed by atoms with Gasteiger partial charge in [0.25, 0.3) is 15.9 Å². The average Bonchev–Trinajstić information content (AvgIpc) is 2.84. The fraction of sp³-hybridized carbons (Fsp3) is 0.208. The highest BCUT2D eigenvalue weighted by molar-refractivity contribution is 7.92. The number of amides is 1. The molecule has 1 amide bonds. The molecule has 0 aliphatic carbocycles. The lowest BCUT2D eigenvalue weighted by atomic mass is 10.1. The smallest absolute Gasteiger partial charge is 0.261 e. The van der Waals surface area contributed by atoms with E-state index in [1.165, 1.54) is 57.7 Å². The van der Waals surface area contributed by atoms with Crippen LogP contribution in [0.3, 0.4) is 0 Å². The molecule has 3 rings (SSSR count). The Morgan fingerprint density at radius 2 is 1.44 bits per heavy atom. The van der Waals surface area contributed by atoms with Crippen molar-refractivity contribution < 1.29 is 31.8 Å². The lowest BCUT2D eigenvalue weighted by Gasteiger charge is -2.19. The third kappa shape index (κ3) is 5.57. The van der Waals surface area contributed by atoms with Crippen LogP contribution in [0.5, 0.6) is 17.2 Å². The Balaban J connectivity index is 1.74. The van der Waals surface area contributed by atoms with Crippen LogP contribution in [0.1, 0.15) is 28.9 Å². The summed E-state index contributed by atoms with van der Waals surface area (Å²) in [6.45, 7) is 1.80. The minimum atomic E-state index is -3.90. The first-order chi connectivity index (χ1) is 16.2. The maximum Gasteiger partial charge on any atom is 0.261 e. The van der Waals surface area contributed by atoms with Gasteiger partial charge in [-0.1, -0.05) is 0 Å². The zero-order valence-corrected chi connectivity index (χ0v) is 19.9. The van der Waals surface area contributed by atoms with Crippen molar-refractivity contribution in [3.05, 3.63) is 77.6 Å². The molecule has 0 radical (unpaired) electrons. The summed E-state index contributed by atoms with van der Waals surface area (Å²) in [6.07, 6.45) is 0. The summed E-state index contributed by atoms with van der Waals surface area (Å²) in [5.74, 6) is 0.497. The molecule has 180 valence electrons. The number of carbonyl (C=O) groups excluding carboxylic acids is 1. The molecule has 0 saturated carbocycles. The van der Waals surface area contributed by atoms with Crippen LogP contribution in [0.25, 0.3) is 0 Å². The summed E-state index contributed by atoms with van der Waals surface area (Å²) in [6, 6.07) is 13.5. The molecule has 34 heavy (non-hydrogen) atoms. The maximum atomic E-state index is 13.0. The van der Waals surface area contributed by atoms with Crippen LogP contribution in [0, 0.1) is 5.82 Å². The van der Waals surface area contributed by atoms with E-state index in [4.69, 9.17) is 14.2 Å². The van der Waals surface area contributed by atoms with E-state index in [-0.39, 0.29) is 16.1 Å². The van der Waals surface area contributed by atoms with Gasteiger partial charge in [0.05, 0.1) is 32.3 Å². The van der Waals surface area contributed by atoms with Crippen LogP contribution in [0.4, 0.5) is 10.1 Å². The van der Waals surface area contributed by atoms with E-state index < -0.39 is 27.8 Å². The van der Waals surface area contributed by atoms with E-state index in [2.05, 4.69) is 10.0 Å². The molecular formula is C24H25FN2O6S. The van der Waals surface area contributed by atoms with Crippen molar-refractivity contribution in [3.8, 4) is 17.2 Å². The Kier molecular flexibility index (Phi) is 7.62. The Morgan fingerprint density at radius 3 is 1.94 bits per heavy atom. The number of hydrogen-bond acceptors (Lipinski definition) is 6. The molecule has 2 N–H and O–H groups in total. The lowest BCUT2D eigenvalue weighted by molar-refractivity contribution is 0.0939. The van der Waals surface area contributed by atoms with Crippen LogP contribution in [-0.4, -0.2) is 35.7 Å². The maximum absolute atomic E-state index is 13.0. The number of hydrogen-bond donors (Lipinski definition) is 2. The summed E-state index contributed by atoms with van der Waals surface area (Å²) in [5, 5.41) is 2.86. The van der Waals surface area contributed by atoms with Gasteiger partial charge in [-0.3, -0.25) is 9.52 Å². The van der Waals surface area contributed by atoms with Crippen molar-refractivity contribution in [3.63, 3.8) is 0 Å². The number of carbonyl (C=O) groups is 1. The van der Waals surface area contributed by atoms with Crippen LogP contribution < -0.4 is 24.2 Å². The molecule has 3 aromatic rings. The Labute approximate surface area is 197 Å². The van der Waals surface area contributed by atoms with Gasteiger partial charge in [-0.15, -0.1) is 0 Å². The summed E-state index contributed by atoms with van der Waals surface area (Å²) in [7, 11) is 0.613. The van der Waals surface area contributed by atoms with E-state index >= 15 is 0 Å². The Bertz CT molecular complexity index is 1240. The monoisotopic (exact) mass is 488 g/mol. The van der Waals surface area contributed by atoms with Crippen molar-refractivity contribution in [1.29, 1.82) is 0 Å². The molecule has 0 fully saturated rings. The minimum absolute atomic E-state index is 0.0361. The second-order valence-corrected chi connectivity index (χ2v) is 8.97. The number of anilines is 1. The first kappa shape index (κ1) is 24.8. The standard InChI is InChI=1S/C24H25FN2O6S/c1-15(17-13-21(31-2)23(33-4)22(14-17)32-3)26-24(28)16-5-11-20(12-6-16)34(29,30)27-19-9-7-18(25)8-10-19/h5-15,27H,1-4H3,(H,26,28). The first-order valence-corrected chi connectivity index (χ1v) is 11.7. The van der Waals surface area contributed by atoms with Crippen molar-refractivity contribution in [1.82, 2.24) is 5.32 Å². The number of sulfonamides is 1. The number of nitrogens with one attached hydrogen (secondary N) is 2. The molecule has 1 unspecified atom stereocenters. The highest BCUT2D eigenvalue weighted by Crippen LogP contribution is 2.39. The zero-order chi connectivity index (χ0) is 24.9. The molecule has 0 saturated heterocycles. The van der Waals surface area contributed by atoms with Crippen molar-refractivity contribution >= 4 is 21.6 Å². The summed E-state index contributed by atoms with van der Waals surface area (Å²) in [4.78, 5) is 12.7. The predicted molar refractivity (Wildman–Crippen MR) is 126 cm³/mol. The van der Waals surface area contributed by atoms with Crippen LogP contribution in [0.15, 0.2) is 65.6 Å². The van der Waals surface area contributed by atoms with Crippen LogP contribution >= 0.6 is 0 Å². The van der Waals surface area contributed by atoms with Gasteiger partial charge in [0.15, 0.2) is 11.5 Å².